The summed E-state index contributed by atoms with van der Waals surface area (Å²) in [7, 11) is 1.66. The van der Waals surface area contributed by atoms with Crippen LogP contribution in [0.2, 0.25) is 0 Å². The average Bonchev–Trinajstić information content (AvgIpc) is 2.76. The summed E-state index contributed by atoms with van der Waals surface area (Å²) in [5.41, 5.74) is 10.6. The Balaban J connectivity index is 3.68. The number of nitrogens with zero attached hydrogens (tertiary/aromatic N) is 3. The van der Waals surface area contributed by atoms with Crippen molar-refractivity contribution in [2.24, 2.45) is 15.7 Å². The number of hydrogen-bond donors (Lipinski definition) is 3. The largest absolute Gasteiger partial charge is 0.498 e. The minimum atomic E-state index is 0.187. The van der Waals surface area contributed by atoms with Gasteiger partial charge in [0, 0.05) is 25.1 Å². The van der Waals surface area contributed by atoms with Gasteiger partial charge in [-0.1, -0.05) is 25.2 Å². The quantitative estimate of drug-likeness (QED) is 0.158. The van der Waals surface area contributed by atoms with E-state index >= 15 is 0 Å². The molecule has 0 unspecified atom stereocenters. The number of ether oxygens (including phenoxy) is 1. The third-order valence-corrected chi connectivity index (χ3v) is 4.64. The second kappa shape index (κ2) is 14.8. The van der Waals surface area contributed by atoms with Gasteiger partial charge in [-0.2, -0.15) is 0 Å². The highest BCUT2D eigenvalue weighted by Crippen LogP contribution is 2.29. The molecular weight excluding hydrogens is 412 g/mol. The first-order valence-electron chi connectivity index (χ1n) is 11.5. The first kappa shape index (κ1) is 27.8. The summed E-state index contributed by atoms with van der Waals surface area (Å²) >= 11 is 0. The van der Waals surface area contributed by atoms with Gasteiger partial charge in [-0.15, -0.1) is 0 Å². The van der Waals surface area contributed by atoms with Crippen LogP contribution in [-0.2, 0) is 11.2 Å². The van der Waals surface area contributed by atoms with E-state index in [1.807, 2.05) is 32.1 Å². The van der Waals surface area contributed by atoms with Gasteiger partial charge >= 0.3 is 0 Å². The van der Waals surface area contributed by atoms with Crippen molar-refractivity contribution >= 4 is 29.1 Å². The molecule has 1 aromatic rings. The summed E-state index contributed by atoms with van der Waals surface area (Å²) in [5, 5.41) is 11.9. The van der Waals surface area contributed by atoms with Crippen LogP contribution in [0.5, 0.6) is 0 Å². The molecule has 0 saturated heterocycles. The second-order valence-corrected chi connectivity index (χ2v) is 7.91. The first-order valence-corrected chi connectivity index (χ1v) is 11.5. The standard InChI is InChI=1S/C26H40N6O/c1-8-10-11-12-13-22(20(6)33-9-2)23-16-21(14-15-24(28)30-17-29-7)26(31-18(3)4)25(32-23)19(5)27/h10-13,16-18,27,31H,8-9,14-15H2,1-7H3,(H2,28,29,30)/b11-10+,13-12-,22-20-,27-19?. The predicted octanol–water partition coefficient (Wildman–Crippen LogP) is 5.53. The van der Waals surface area contributed by atoms with Gasteiger partial charge in [-0.3, -0.25) is 4.99 Å². The number of aryl methyl sites for hydroxylation is 1. The van der Waals surface area contributed by atoms with E-state index < -0.39 is 0 Å². The van der Waals surface area contributed by atoms with Crippen molar-refractivity contribution in [3.63, 3.8) is 0 Å². The zero-order valence-corrected chi connectivity index (χ0v) is 21.2. The Labute approximate surface area is 199 Å². The molecule has 180 valence electrons. The SMILES string of the molecule is CC/C=C/C=C\C(=C(/C)OCC)c1cc(CCC(N)=NC=NC)c(NC(C)C)c(C(C)=N)n1. The number of anilines is 1. The molecule has 0 radical (unpaired) electrons. The third-order valence-electron chi connectivity index (χ3n) is 4.64. The molecule has 0 aliphatic carbocycles. The first-order chi connectivity index (χ1) is 15.7. The molecule has 33 heavy (non-hydrogen) atoms. The monoisotopic (exact) mass is 452 g/mol. The van der Waals surface area contributed by atoms with E-state index in [9.17, 15) is 0 Å². The number of nitrogens with one attached hydrogen (secondary N) is 2. The fourth-order valence-electron chi connectivity index (χ4n) is 3.16. The van der Waals surface area contributed by atoms with Crippen LogP contribution >= 0.6 is 0 Å². The Bertz CT molecular complexity index is 938. The van der Waals surface area contributed by atoms with Gasteiger partial charge in [-0.05, 0) is 65.2 Å². The van der Waals surface area contributed by atoms with Gasteiger partial charge in [0.1, 0.15) is 23.6 Å². The van der Waals surface area contributed by atoms with Crippen LogP contribution < -0.4 is 11.1 Å². The highest BCUT2D eigenvalue weighted by molar-refractivity contribution is 6.01. The molecule has 0 saturated carbocycles. The maximum Gasteiger partial charge on any atom is 0.111 e. The number of pyridine rings is 1. The van der Waals surface area contributed by atoms with Gasteiger partial charge in [0.25, 0.3) is 0 Å². The normalized spacial score (nSPS) is 13.4. The molecule has 0 amide bonds. The summed E-state index contributed by atoms with van der Waals surface area (Å²) in [4.78, 5) is 12.9. The minimum Gasteiger partial charge on any atom is -0.498 e. The Hall–Kier alpha value is -3.22. The number of allylic oxidation sites excluding steroid dienone is 6. The van der Waals surface area contributed by atoms with Gasteiger partial charge < -0.3 is 21.2 Å². The number of aromatic nitrogens is 1. The highest BCUT2D eigenvalue weighted by atomic mass is 16.5. The number of rotatable bonds is 13. The maximum absolute atomic E-state index is 8.40. The molecule has 0 fully saturated rings. The fourth-order valence-corrected chi connectivity index (χ4v) is 3.16. The van der Waals surface area contributed by atoms with E-state index in [1.54, 1.807) is 14.0 Å². The van der Waals surface area contributed by atoms with Gasteiger partial charge in [0.05, 0.1) is 23.7 Å². The van der Waals surface area contributed by atoms with E-state index in [1.165, 1.54) is 6.34 Å². The summed E-state index contributed by atoms with van der Waals surface area (Å²) in [6, 6.07) is 2.25. The summed E-state index contributed by atoms with van der Waals surface area (Å²) < 4.78 is 5.83. The molecule has 0 aliphatic heterocycles. The molecule has 1 rings (SSSR count). The lowest BCUT2D eigenvalue weighted by Gasteiger charge is -2.20. The Morgan fingerprint density at radius 3 is 2.58 bits per heavy atom. The van der Waals surface area contributed by atoms with Crippen LogP contribution in [0.3, 0.4) is 0 Å². The predicted molar refractivity (Wildman–Crippen MR) is 143 cm³/mol. The van der Waals surface area contributed by atoms with Crippen LogP contribution in [0, 0.1) is 5.41 Å². The lowest BCUT2D eigenvalue weighted by atomic mass is 9.99. The molecule has 1 heterocycles. The molecule has 4 N–H and O–H groups in total. The van der Waals surface area contributed by atoms with Crippen molar-refractivity contribution in [1.29, 1.82) is 5.41 Å². The minimum absolute atomic E-state index is 0.187. The summed E-state index contributed by atoms with van der Waals surface area (Å²) in [5.74, 6) is 1.30. The van der Waals surface area contributed by atoms with Gasteiger partial charge in [-0.25, -0.2) is 9.98 Å². The van der Waals surface area contributed by atoms with Gasteiger partial charge in [0.15, 0.2) is 0 Å². The van der Waals surface area contributed by atoms with E-state index in [2.05, 4.69) is 48.2 Å². The van der Waals surface area contributed by atoms with E-state index in [0.717, 1.165) is 34.7 Å². The third kappa shape index (κ3) is 9.43. The van der Waals surface area contributed by atoms with Crippen molar-refractivity contribution in [3.05, 3.63) is 53.1 Å². The Morgan fingerprint density at radius 2 is 2.00 bits per heavy atom. The zero-order valence-electron chi connectivity index (χ0n) is 21.2. The molecule has 7 heteroatoms. The molecule has 0 bridgehead atoms. The van der Waals surface area contributed by atoms with E-state index in [0.29, 0.717) is 36.7 Å². The molecule has 1 aromatic heterocycles. The van der Waals surface area contributed by atoms with Crippen molar-refractivity contribution in [2.75, 3.05) is 19.0 Å². The van der Waals surface area contributed by atoms with Crippen LogP contribution in [0.4, 0.5) is 5.69 Å². The molecule has 0 atom stereocenters. The maximum atomic E-state index is 8.40. The van der Waals surface area contributed by atoms with Gasteiger partial charge in [0.2, 0.25) is 0 Å². The molecule has 0 aromatic carbocycles. The van der Waals surface area contributed by atoms with Crippen molar-refractivity contribution in [3.8, 4) is 0 Å². The topological polar surface area (TPSA) is 109 Å². The van der Waals surface area contributed by atoms with Crippen molar-refractivity contribution < 1.29 is 4.74 Å². The average molecular weight is 453 g/mol. The molecular formula is C26H40N6O. The van der Waals surface area contributed by atoms with E-state index in [-0.39, 0.29) is 6.04 Å². The van der Waals surface area contributed by atoms with Crippen LogP contribution in [0.15, 0.2) is 46.1 Å². The number of amidine groups is 1. The second-order valence-electron chi connectivity index (χ2n) is 7.91. The smallest absolute Gasteiger partial charge is 0.111 e. The Morgan fingerprint density at radius 1 is 1.27 bits per heavy atom. The molecule has 0 spiro atoms. The van der Waals surface area contributed by atoms with E-state index in [4.69, 9.17) is 20.9 Å². The fraction of sp³-hybridized carbons (Fsp3) is 0.462. The zero-order chi connectivity index (χ0) is 24.8. The van der Waals surface area contributed by atoms with Crippen molar-refractivity contribution in [2.45, 2.75) is 66.8 Å². The lowest BCUT2D eigenvalue weighted by Crippen LogP contribution is -2.19. The van der Waals surface area contributed by atoms with Crippen LogP contribution in [-0.4, -0.2) is 42.6 Å². The van der Waals surface area contributed by atoms with Crippen LogP contribution in [0.1, 0.15) is 71.3 Å². The summed E-state index contributed by atoms with van der Waals surface area (Å²) in [6.07, 6.45) is 11.8. The number of aliphatic imine (C=N–C) groups is 2. The van der Waals surface area contributed by atoms with Crippen molar-refractivity contribution in [1.82, 2.24) is 4.98 Å². The lowest BCUT2D eigenvalue weighted by molar-refractivity contribution is 0.233. The molecule has 0 aliphatic rings. The highest BCUT2D eigenvalue weighted by Gasteiger charge is 2.18. The Kier molecular flexibility index (Phi) is 12.4. The molecule has 7 nitrogen and oxygen atoms in total. The number of hydrogen-bond acceptors (Lipinski definition) is 5. The number of nitrogens with two attached hydrogens (primary N) is 1. The summed E-state index contributed by atoms with van der Waals surface area (Å²) in [6.45, 7) is 12.5. The van der Waals surface area contributed by atoms with Crippen LogP contribution in [0.25, 0.3) is 5.57 Å².